The molecule has 6 heteroatoms. The molecule has 0 saturated carbocycles. The van der Waals surface area contributed by atoms with Crippen molar-refractivity contribution in [3.63, 3.8) is 0 Å². The van der Waals surface area contributed by atoms with E-state index in [4.69, 9.17) is 0 Å². The van der Waals surface area contributed by atoms with E-state index in [2.05, 4.69) is 22.1 Å². The van der Waals surface area contributed by atoms with Crippen LogP contribution < -0.4 is 0 Å². The van der Waals surface area contributed by atoms with Gasteiger partial charge in [0, 0.05) is 23.7 Å². The van der Waals surface area contributed by atoms with Crippen LogP contribution in [0.25, 0.3) is 11.3 Å². The summed E-state index contributed by atoms with van der Waals surface area (Å²) in [6.45, 7) is 2.58. The van der Waals surface area contributed by atoms with Crippen LogP contribution in [-0.4, -0.2) is 33.0 Å². The summed E-state index contributed by atoms with van der Waals surface area (Å²) in [7, 11) is 1.78. The highest BCUT2D eigenvalue weighted by Crippen LogP contribution is 2.22. The molecule has 0 aliphatic rings. The fourth-order valence-corrected chi connectivity index (χ4v) is 3.32. The predicted octanol–water partition coefficient (Wildman–Crippen LogP) is 3.76. The third-order valence-electron chi connectivity index (χ3n) is 3.71. The van der Waals surface area contributed by atoms with Crippen molar-refractivity contribution in [2.24, 2.45) is 0 Å². The first kappa shape index (κ1) is 16.4. The van der Waals surface area contributed by atoms with E-state index in [0.717, 1.165) is 34.8 Å². The van der Waals surface area contributed by atoms with Gasteiger partial charge >= 0.3 is 0 Å². The first-order valence-corrected chi connectivity index (χ1v) is 8.85. The Labute approximate surface area is 145 Å². The monoisotopic (exact) mass is 340 g/mol. The molecule has 0 radical (unpaired) electrons. The van der Waals surface area contributed by atoms with Crippen molar-refractivity contribution in [1.29, 1.82) is 0 Å². The third kappa shape index (κ3) is 3.71. The molecule has 2 heterocycles. The quantitative estimate of drug-likeness (QED) is 0.743. The molecule has 0 aliphatic heterocycles. The lowest BCUT2D eigenvalue weighted by atomic mass is 10.2. The van der Waals surface area contributed by atoms with Crippen LogP contribution in [-0.2, 0) is 13.0 Å². The summed E-state index contributed by atoms with van der Waals surface area (Å²) in [4.78, 5) is 18.7. The van der Waals surface area contributed by atoms with Gasteiger partial charge in [-0.3, -0.25) is 9.89 Å². The van der Waals surface area contributed by atoms with Gasteiger partial charge in [-0.15, -0.1) is 11.3 Å². The molecular weight excluding hydrogens is 320 g/mol. The Morgan fingerprint density at radius 1 is 1.29 bits per heavy atom. The molecule has 1 amide bonds. The highest BCUT2D eigenvalue weighted by molar-refractivity contribution is 7.09. The zero-order chi connectivity index (χ0) is 16.9. The minimum Gasteiger partial charge on any atom is -0.334 e. The lowest BCUT2D eigenvalue weighted by Crippen LogP contribution is -2.26. The van der Waals surface area contributed by atoms with Gasteiger partial charge in [0.1, 0.15) is 10.7 Å². The number of aromatic amines is 1. The third-order valence-corrected chi connectivity index (χ3v) is 4.54. The zero-order valence-corrected chi connectivity index (χ0v) is 14.6. The lowest BCUT2D eigenvalue weighted by Gasteiger charge is -2.13. The van der Waals surface area contributed by atoms with Crippen LogP contribution in [0.1, 0.15) is 34.5 Å². The number of carbonyl (C=O) groups is 1. The van der Waals surface area contributed by atoms with E-state index < -0.39 is 0 Å². The average Bonchev–Trinajstić information content (AvgIpc) is 3.25. The molecule has 0 fully saturated rings. The van der Waals surface area contributed by atoms with Crippen LogP contribution >= 0.6 is 11.3 Å². The first-order chi connectivity index (χ1) is 11.7. The van der Waals surface area contributed by atoms with Gasteiger partial charge < -0.3 is 4.90 Å². The van der Waals surface area contributed by atoms with E-state index in [0.29, 0.717) is 12.2 Å². The number of carbonyl (C=O) groups excluding carboxylic acids is 1. The van der Waals surface area contributed by atoms with E-state index >= 15 is 0 Å². The maximum Gasteiger partial charge on any atom is 0.274 e. The Balaban J connectivity index is 1.67. The van der Waals surface area contributed by atoms with Gasteiger partial charge in [-0.25, -0.2) is 4.98 Å². The number of aromatic nitrogens is 3. The summed E-state index contributed by atoms with van der Waals surface area (Å²) in [5, 5.41) is 9.97. The van der Waals surface area contributed by atoms with Gasteiger partial charge in [0.2, 0.25) is 0 Å². The summed E-state index contributed by atoms with van der Waals surface area (Å²) >= 11 is 1.57. The topological polar surface area (TPSA) is 61.9 Å². The molecule has 0 bridgehead atoms. The molecule has 0 unspecified atom stereocenters. The van der Waals surface area contributed by atoms with Crippen molar-refractivity contribution in [3.8, 4) is 11.3 Å². The van der Waals surface area contributed by atoms with Crippen molar-refractivity contribution in [2.45, 2.75) is 26.3 Å². The molecular formula is C18H20N4OS. The van der Waals surface area contributed by atoms with E-state index in [9.17, 15) is 4.79 Å². The number of nitrogens with one attached hydrogen (secondary N) is 1. The standard InChI is InChI=1S/C18H20N4OS/c1-3-7-14-10-15(21-20-14)18(23)22(2)11-17-19-16(12-24-17)13-8-5-4-6-9-13/h4-6,8-10,12H,3,7,11H2,1-2H3,(H,20,21). The number of amides is 1. The van der Waals surface area contributed by atoms with Crippen LogP contribution in [0.3, 0.4) is 0 Å². The number of thiazole rings is 1. The molecule has 3 rings (SSSR count). The first-order valence-electron chi connectivity index (χ1n) is 7.97. The molecule has 0 spiro atoms. The fraction of sp³-hybridized carbons (Fsp3) is 0.278. The van der Waals surface area contributed by atoms with Crippen molar-refractivity contribution < 1.29 is 4.79 Å². The fourth-order valence-electron chi connectivity index (χ4n) is 2.46. The Morgan fingerprint density at radius 3 is 2.83 bits per heavy atom. The van der Waals surface area contributed by atoms with Gasteiger partial charge in [0.05, 0.1) is 12.2 Å². The van der Waals surface area contributed by atoms with E-state index in [-0.39, 0.29) is 5.91 Å². The van der Waals surface area contributed by atoms with Crippen LogP contribution in [0, 0.1) is 0 Å². The summed E-state index contributed by atoms with van der Waals surface area (Å²) < 4.78 is 0. The van der Waals surface area contributed by atoms with Crippen LogP contribution in [0.4, 0.5) is 0 Å². The highest BCUT2D eigenvalue weighted by atomic mass is 32.1. The molecule has 124 valence electrons. The van der Waals surface area contributed by atoms with E-state index in [1.165, 1.54) is 0 Å². The summed E-state index contributed by atoms with van der Waals surface area (Å²) in [5.74, 6) is -0.0925. The van der Waals surface area contributed by atoms with Gasteiger partial charge in [0.15, 0.2) is 0 Å². The van der Waals surface area contributed by atoms with E-state index in [1.807, 2.05) is 41.8 Å². The molecule has 1 aromatic carbocycles. The Bertz CT molecular complexity index is 809. The number of hydrogen-bond donors (Lipinski definition) is 1. The second-order valence-electron chi connectivity index (χ2n) is 5.68. The molecule has 0 saturated heterocycles. The van der Waals surface area contributed by atoms with Gasteiger partial charge in [-0.2, -0.15) is 5.10 Å². The van der Waals surface area contributed by atoms with Gasteiger partial charge in [0.25, 0.3) is 5.91 Å². The maximum atomic E-state index is 12.5. The Kier molecular flexibility index (Phi) is 5.05. The highest BCUT2D eigenvalue weighted by Gasteiger charge is 2.17. The minimum absolute atomic E-state index is 0.0925. The van der Waals surface area contributed by atoms with Crippen LogP contribution in [0.2, 0.25) is 0 Å². The largest absolute Gasteiger partial charge is 0.334 e. The number of hydrogen-bond acceptors (Lipinski definition) is 4. The van der Waals surface area contributed by atoms with E-state index in [1.54, 1.807) is 23.3 Å². The molecule has 3 aromatic rings. The Hall–Kier alpha value is -2.47. The summed E-state index contributed by atoms with van der Waals surface area (Å²) in [5.41, 5.74) is 3.49. The molecule has 5 nitrogen and oxygen atoms in total. The maximum absolute atomic E-state index is 12.5. The SMILES string of the molecule is CCCc1cc(C(=O)N(C)Cc2nc(-c3ccccc3)cs2)n[nH]1. The molecule has 2 aromatic heterocycles. The van der Waals surface area contributed by atoms with Crippen LogP contribution in [0.5, 0.6) is 0 Å². The smallest absolute Gasteiger partial charge is 0.274 e. The van der Waals surface area contributed by atoms with Crippen LogP contribution in [0.15, 0.2) is 41.8 Å². The number of benzene rings is 1. The average molecular weight is 340 g/mol. The Morgan fingerprint density at radius 2 is 2.08 bits per heavy atom. The summed E-state index contributed by atoms with van der Waals surface area (Å²) in [6, 6.07) is 11.9. The lowest BCUT2D eigenvalue weighted by molar-refractivity contribution is 0.0779. The van der Waals surface area contributed by atoms with Crippen molar-refractivity contribution in [2.75, 3.05) is 7.05 Å². The second kappa shape index (κ2) is 7.40. The van der Waals surface area contributed by atoms with Gasteiger partial charge in [-0.1, -0.05) is 43.7 Å². The molecule has 0 aliphatic carbocycles. The van der Waals surface area contributed by atoms with Crippen molar-refractivity contribution in [3.05, 3.63) is 58.2 Å². The second-order valence-corrected chi connectivity index (χ2v) is 6.62. The molecule has 0 atom stereocenters. The number of nitrogens with zero attached hydrogens (tertiary/aromatic N) is 3. The zero-order valence-electron chi connectivity index (χ0n) is 13.8. The van der Waals surface area contributed by atoms with Crippen molar-refractivity contribution >= 4 is 17.2 Å². The summed E-state index contributed by atoms with van der Waals surface area (Å²) in [6.07, 6.45) is 1.92. The molecule has 1 N–H and O–H groups in total. The minimum atomic E-state index is -0.0925. The normalized spacial score (nSPS) is 10.8. The van der Waals surface area contributed by atoms with Gasteiger partial charge in [-0.05, 0) is 12.5 Å². The number of H-pyrrole nitrogens is 1. The molecule has 24 heavy (non-hydrogen) atoms. The number of rotatable bonds is 6. The predicted molar refractivity (Wildman–Crippen MR) is 95.9 cm³/mol. The van der Waals surface area contributed by atoms with Crippen molar-refractivity contribution in [1.82, 2.24) is 20.1 Å². The number of aryl methyl sites for hydroxylation is 1.